The molecule has 9 heteroatoms. The molecule has 0 spiro atoms. The number of likely N-dealkylation sites (N-methyl/N-ethyl adjacent to an activating group) is 1. The summed E-state index contributed by atoms with van der Waals surface area (Å²) in [5.74, 6) is 0.488. The molecule has 0 saturated heterocycles. The van der Waals surface area contributed by atoms with Gasteiger partial charge in [0.2, 0.25) is 5.91 Å². The SMILES string of the molecule is CC(=O)N1c2ccc(-c3ccc(C(=O)NCCN(C)C)cn3)cc2[C@H](Nc2ccc(C#N)cn2)C[C@@H]1C. The van der Waals surface area contributed by atoms with Gasteiger partial charge < -0.3 is 20.4 Å². The maximum Gasteiger partial charge on any atom is 0.252 e. The number of amides is 2. The fourth-order valence-corrected chi connectivity index (χ4v) is 4.56. The molecule has 0 bridgehead atoms. The van der Waals surface area contributed by atoms with Crippen molar-refractivity contribution in [3.8, 4) is 17.3 Å². The Hall–Kier alpha value is -4.29. The number of nitrogens with zero attached hydrogens (tertiary/aromatic N) is 5. The number of benzene rings is 1. The molecule has 2 atom stereocenters. The Labute approximate surface area is 217 Å². The summed E-state index contributed by atoms with van der Waals surface area (Å²) < 4.78 is 0. The van der Waals surface area contributed by atoms with Crippen molar-refractivity contribution in [1.82, 2.24) is 20.2 Å². The lowest BCUT2D eigenvalue weighted by Crippen LogP contribution is -2.43. The number of nitrogens with one attached hydrogen (secondary N) is 2. The molecule has 2 aromatic heterocycles. The summed E-state index contributed by atoms with van der Waals surface area (Å²) in [5, 5.41) is 15.4. The summed E-state index contributed by atoms with van der Waals surface area (Å²) in [4.78, 5) is 37.6. The standard InChI is InChI=1S/C28H31N7O2/c1-18-13-25(33-27-10-5-20(15-29)16-32-27)23-14-21(7-9-26(23)35(18)19(2)36)24-8-6-22(17-31-24)28(37)30-11-12-34(3)4/h5-10,14,16-18,25H,11-13H2,1-4H3,(H,30,37)(H,32,33)/t18-,25+/m0/s1. The van der Waals surface area contributed by atoms with Gasteiger partial charge in [0.15, 0.2) is 0 Å². The van der Waals surface area contributed by atoms with Crippen LogP contribution >= 0.6 is 0 Å². The molecule has 2 N–H and O–H groups in total. The van der Waals surface area contributed by atoms with Crippen LogP contribution in [0.5, 0.6) is 0 Å². The third-order valence-electron chi connectivity index (χ3n) is 6.40. The Balaban J connectivity index is 1.61. The van der Waals surface area contributed by atoms with Gasteiger partial charge in [-0.3, -0.25) is 14.6 Å². The van der Waals surface area contributed by atoms with E-state index in [4.69, 9.17) is 5.26 Å². The van der Waals surface area contributed by atoms with Crippen molar-refractivity contribution in [1.29, 1.82) is 5.26 Å². The van der Waals surface area contributed by atoms with E-state index in [0.717, 1.165) is 29.1 Å². The number of pyridine rings is 2. The van der Waals surface area contributed by atoms with Crippen molar-refractivity contribution < 1.29 is 9.59 Å². The third kappa shape index (κ3) is 5.93. The lowest BCUT2D eigenvalue weighted by molar-refractivity contribution is -0.117. The number of nitriles is 1. The van der Waals surface area contributed by atoms with Gasteiger partial charge in [0.05, 0.1) is 22.9 Å². The van der Waals surface area contributed by atoms with Gasteiger partial charge in [-0.25, -0.2) is 4.98 Å². The van der Waals surface area contributed by atoms with Gasteiger partial charge in [-0.1, -0.05) is 6.07 Å². The summed E-state index contributed by atoms with van der Waals surface area (Å²) in [5.41, 5.74) is 4.42. The lowest BCUT2D eigenvalue weighted by Gasteiger charge is -2.39. The Morgan fingerprint density at radius 1 is 1.14 bits per heavy atom. The molecular weight excluding hydrogens is 466 g/mol. The zero-order chi connectivity index (χ0) is 26.5. The first-order chi connectivity index (χ1) is 17.8. The molecule has 0 unspecified atom stereocenters. The zero-order valence-corrected chi connectivity index (χ0v) is 21.5. The minimum atomic E-state index is -0.156. The average molecular weight is 498 g/mol. The number of anilines is 2. The number of hydrogen-bond acceptors (Lipinski definition) is 7. The van der Waals surface area contributed by atoms with Crippen LogP contribution in [-0.2, 0) is 4.79 Å². The molecule has 1 aromatic carbocycles. The van der Waals surface area contributed by atoms with Crippen LogP contribution in [-0.4, -0.2) is 59.9 Å². The first-order valence-electron chi connectivity index (χ1n) is 12.2. The second-order valence-corrected chi connectivity index (χ2v) is 9.48. The van der Waals surface area contributed by atoms with Crippen molar-refractivity contribution in [2.75, 3.05) is 37.4 Å². The zero-order valence-electron chi connectivity index (χ0n) is 21.5. The minimum Gasteiger partial charge on any atom is -0.363 e. The second kappa shape index (κ2) is 11.2. The number of rotatable bonds is 7. The summed E-state index contributed by atoms with van der Waals surface area (Å²) in [6.07, 6.45) is 3.81. The molecule has 2 amide bonds. The summed E-state index contributed by atoms with van der Waals surface area (Å²) in [7, 11) is 3.91. The summed E-state index contributed by atoms with van der Waals surface area (Å²) in [6, 6.07) is 15.0. The van der Waals surface area contributed by atoms with Crippen LogP contribution in [0.25, 0.3) is 11.3 Å². The van der Waals surface area contributed by atoms with E-state index in [-0.39, 0.29) is 23.9 Å². The number of hydrogen-bond donors (Lipinski definition) is 2. The largest absolute Gasteiger partial charge is 0.363 e. The second-order valence-electron chi connectivity index (χ2n) is 9.48. The van der Waals surface area contributed by atoms with Crippen LogP contribution < -0.4 is 15.5 Å². The maximum atomic E-state index is 12.5. The highest BCUT2D eigenvalue weighted by molar-refractivity contribution is 5.95. The molecule has 0 aliphatic carbocycles. The summed E-state index contributed by atoms with van der Waals surface area (Å²) in [6.45, 7) is 4.93. The first-order valence-corrected chi connectivity index (χ1v) is 12.2. The van der Waals surface area contributed by atoms with Gasteiger partial charge in [0, 0.05) is 49.7 Å². The van der Waals surface area contributed by atoms with Gasteiger partial charge >= 0.3 is 0 Å². The molecule has 1 aliphatic heterocycles. The van der Waals surface area contributed by atoms with E-state index in [1.54, 1.807) is 31.3 Å². The Kier molecular flexibility index (Phi) is 7.80. The number of carbonyl (C=O) groups excluding carboxylic acids is 2. The normalized spacial score (nSPS) is 16.6. The Morgan fingerprint density at radius 2 is 1.95 bits per heavy atom. The highest BCUT2D eigenvalue weighted by Gasteiger charge is 2.33. The third-order valence-corrected chi connectivity index (χ3v) is 6.40. The van der Waals surface area contributed by atoms with Crippen molar-refractivity contribution in [3.05, 3.63) is 71.5 Å². The fraction of sp³-hybridized carbons (Fsp3) is 0.321. The van der Waals surface area contributed by atoms with E-state index in [0.29, 0.717) is 29.9 Å². The molecular formula is C28H31N7O2. The van der Waals surface area contributed by atoms with E-state index < -0.39 is 0 Å². The van der Waals surface area contributed by atoms with Crippen LogP contribution in [0.3, 0.4) is 0 Å². The topological polar surface area (TPSA) is 114 Å². The van der Waals surface area contributed by atoms with E-state index >= 15 is 0 Å². The van der Waals surface area contributed by atoms with Crippen LogP contribution in [0.1, 0.15) is 47.8 Å². The molecule has 190 valence electrons. The van der Waals surface area contributed by atoms with Crippen molar-refractivity contribution in [2.24, 2.45) is 0 Å². The predicted molar refractivity (Wildman–Crippen MR) is 143 cm³/mol. The molecule has 3 aromatic rings. The fourth-order valence-electron chi connectivity index (χ4n) is 4.56. The average Bonchev–Trinajstić information content (AvgIpc) is 2.88. The molecule has 0 saturated carbocycles. The van der Waals surface area contributed by atoms with Crippen molar-refractivity contribution in [2.45, 2.75) is 32.4 Å². The Morgan fingerprint density at radius 3 is 2.57 bits per heavy atom. The van der Waals surface area contributed by atoms with E-state index in [2.05, 4.69) is 26.7 Å². The van der Waals surface area contributed by atoms with Crippen molar-refractivity contribution in [3.63, 3.8) is 0 Å². The first kappa shape index (κ1) is 25.8. The van der Waals surface area contributed by atoms with Crippen LogP contribution in [0, 0.1) is 11.3 Å². The van der Waals surface area contributed by atoms with E-state index in [1.807, 2.05) is 55.1 Å². The number of carbonyl (C=O) groups is 2. The molecule has 1 aliphatic rings. The quantitative estimate of drug-likeness (QED) is 0.513. The highest BCUT2D eigenvalue weighted by Crippen LogP contribution is 2.40. The molecule has 0 fully saturated rings. The van der Waals surface area contributed by atoms with Gasteiger partial charge in [0.1, 0.15) is 11.9 Å². The lowest BCUT2D eigenvalue weighted by atomic mass is 9.89. The van der Waals surface area contributed by atoms with Gasteiger partial charge in [-0.2, -0.15) is 5.26 Å². The van der Waals surface area contributed by atoms with Crippen LogP contribution in [0.4, 0.5) is 11.5 Å². The van der Waals surface area contributed by atoms with E-state index in [1.165, 1.54) is 6.20 Å². The molecule has 9 nitrogen and oxygen atoms in total. The predicted octanol–water partition coefficient (Wildman–Crippen LogP) is 3.60. The van der Waals surface area contributed by atoms with Crippen LogP contribution in [0.2, 0.25) is 0 Å². The molecule has 3 heterocycles. The number of aromatic nitrogens is 2. The number of fused-ring (bicyclic) bond motifs is 1. The van der Waals surface area contributed by atoms with Crippen LogP contribution in [0.15, 0.2) is 54.9 Å². The summed E-state index contributed by atoms with van der Waals surface area (Å²) >= 11 is 0. The maximum absolute atomic E-state index is 12.5. The smallest absolute Gasteiger partial charge is 0.252 e. The highest BCUT2D eigenvalue weighted by atomic mass is 16.2. The van der Waals surface area contributed by atoms with Crippen molar-refractivity contribution >= 4 is 23.3 Å². The monoisotopic (exact) mass is 497 g/mol. The Bertz CT molecular complexity index is 1310. The van der Waals surface area contributed by atoms with E-state index in [9.17, 15) is 9.59 Å². The van der Waals surface area contributed by atoms with Gasteiger partial charge in [-0.05, 0) is 69.4 Å². The van der Waals surface area contributed by atoms with Gasteiger partial charge in [-0.15, -0.1) is 0 Å². The molecule has 0 radical (unpaired) electrons. The molecule has 4 rings (SSSR count). The molecule has 37 heavy (non-hydrogen) atoms. The minimum absolute atomic E-state index is 0.00449. The van der Waals surface area contributed by atoms with Gasteiger partial charge in [0.25, 0.3) is 5.91 Å².